The van der Waals surface area contributed by atoms with Crippen LogP contribution in [0.3, 0.4) is 0 Å². The van der Waals surface area contributed by atoms with E-state index in [2.05, 4.69) is 12.1 Å². The van der Waals surface area contributed by atoms with Crippen molar-refractivity contribution in [3.8, 4) is 5.75 Å². The highest BCUT2D eigenvalue weighted by Crippen LogP contribution is 2.33. The number of nitrogens with zero attached hydrogens (tertiary/aromatic N) is 1. The van der Waals surface area contributed by atoms with Crippen molar-refractivity contribution in [1.29, 1.82) is 0 Å². The molecule has 1 aromatic heterocycles. The van der Waals surface area contributed by atoms with Gasteiger partial charge in [-0.1, -0.05) is 48.5 Å². The first-order valence-corrected chi connectivity index (χ1v) is 9.54. The second kappa shape index (κ2) is 8.31. The average molecular weight is 376 g/mol. The van der Waals surface area contributed by atoms with Crippen LogP contribution in [-0.4, -0.2) is 30.4 Å². The van der Waals surface area contributed by atoms with E-state index in [4.69, 9.17) is 14.9 Å². The van der Waals surface area contributed by atoms with E-state index in [-0.39, 0.29) is 24.3 Å². The molecular formula is C23H24N2O3. The zero-order valence-electron chi connectivity index (χ0n) is 15.7. The lowest BCUT2D eigenvalue weighted by Crippen LogP contribution is -2.30. The fourth-order valence-electron chi connectivity index (χ4n) is 3.81. The molecule has 2 atom stereocenters. The molecule has 5 heteroatoms. The summed E-state index contributed by atoms with van der Waals surface area (Å²) in [5.74, 6) is 1.49. The quantitative estimate of drug-likeness (QED) is 0.713. The van der Waals surface area contributed by atoms with Crippen molar-refractivity contribution in [2.75, 3.05) is 19.6 Å². The van der Waals surface area contributed by atoms with Crippen molar-refractivity contribution in [3.05, 3.63) is 89.9 Å². The molecule has 0 aliphatic carbocycles. The third-order valence-corrected chi connectivity index (χ3v) is 5.34. The number of carbonyl (C=O) groups excluding carboxylic acids is 1. The molecule has 144 valence electrons. The van der Waals surface area contributed by atoms with E-state index >= 15 is 0 Å². The van der Waals surface area contributed by atoms with Crippen LogP contribution >= 0.6 is 0 Å². The lowest BCUT2D eigenvalue weighted by molar-refractivity contribution is 0.0751. The molecule has 1 aliphatic rings. The van der Waals surface area contributed by atoms with Crippen LogP contribution in [0.5, 0.6) is 5.75 Å². The van der Waals surface area contributed by atoms with Gasteiger partial charge in [0.1, 0.15) is 12.4 Å². The maximum absolute atomic E-state index is 13.1. The Morgan fingerprint density at radius 1 is 1.04 bits per heavy atom. The number of furan rings is 1. The van der Waals surface area contributed by atoms with E-state index in [0.717, 1.165) is 11.3 Å². The van der Waals surface area contributed by atoms with Crippen LogP contribution in [-0.2, 0) is 6.61 Å². The second-order valence-electron chi connectivity index (χ2n) is 7.10. The predicted octanol–water partition coefficient (Wildman–Crippen LogP) is 3.67. The number of para-hydroxylation sites is 1. The number of nitrogens with two attached hydrogens (primary N) is 1. The van der Waals surface area contributed by atoms with Crippen molar-refractivity contribution in [2.45, 2.75) is 12.5 Å². The zero-order valence-corrected chi connectivity index (χ0v) is 15.7. The minimum atomic E-state index is -0.103. The second-order valence-corrected chi connectivity index (χ2v) is 7.10. The molecule has 3 aromatic rings. The Kier molecular flexibility index (Phi) is 5.44. The number of ether oxygens (including phenoxy) is 1. The summed E-state index contributed by atoms with van der Waals surface area (Å²) in [4.78, 5) is 15.0. The normalized spacial score (nSPS) is 19.0. The van der Waals surface area contributed by atoms with Crippen LogP contribution in [0.25, 0.3) is 0 Å². The highest BCUT2D eigenvalue weighted by Gasteiger charge is 2.37. The van der Waals surface area contributed by atoms with Gasteiger partial charge in [-0.05, 0) is 36.2 Å². The van der Waals surface area contributed by atoms with Crippen LogP contribution in [0.2, 0.25) is 0 Å². The molecule has 1 fully saturated rings. The lowest BCUT2D eigenvalue weighted by atomic mass is 9.89. The summed E-state index contributed by atoms with van der Waals surface area (Å²) >= 11 is 0. The van der Waals surface area contributed by atoms with Gasteiger partial charge in [0.05, 0.1) is 6.26 Å². The van der Waals surface area contributed by atoms with Gasteiger partial charge >= 0.3 is 0 Å². The molecule has 2 heterocycles. The Hall–Kier alpha value is -3.05. The summed E-state index contributed by atoms with van der Waals surface area (Å²) in [6.07, 6.45) is 1.54. The number of hydrogen-bond donors (Lipinski definition) is 1. The van der Waals surface area contributed by atoms with Crippen molar-refractivity contribution < 1.29 is 13.9 Å². The van der Waals surface area contributed by atoms with Gasteiger partial charge in [-0.2, -0.15) is 0 Å². The highest BCUT2D eigenvalue weighted by molar-refractivity contribution is 5.93. The Bertz CT molecular complexity index is 908. The Balaban J connectivity index is 1.47. The number of hydrogen-bond acceptors (Lipinski definition) is 4. The third-order valence-electron chi connectivity index (χ3n) is 5.34. The van der Waals surface area contributed by atoms with Crippen LogP contribution in [0, 0.1) is 5.92 Å². The van der Waals surface area contributed by atoms with Crippen molar-refractivity contribution in [1.82, 2.24) is 4.90 Å². The molecule has 0 bridgehead atoms. The first-order chi connectivity index (χ1) is 13.8. The summed E-state index contributed by atoms with van der Waals surface area (Å²) in [5.41, 5.74) is 7.98. The molecule has 0 spiro atoms. The van der Waals surface area contributed by atoms with Gasteiger partial charge < -0.3 is 19.8 Å². The Morgan fingerprint density at radius 2 is 1.75 bits per heavy atom. The molecule has 0 saturated carbocycles. The first-order valence-electron chi connectivity index (χ1n) is 9.54. The summed E-state index contributed by atoms with van der Waals surface area (Å²) in [7, 11) is 0. The monoisotopic (exact) mass is 376 g/mol. The number of rotatable bonds is 6. The Morgan fingerprint density at radius 3 is 2.46 bits per heavy atom. The molecule has 1 amide bonds. The van der Waals surface area contributed by atoms with Crippen molar-refractivity contribution >= 4 is 5.91 Å². The molecule has 4 rings (SSSR count). The van der Waals surface area contributed by atoms with Gasteiger partial charge in [0, 0.05) is 24.6 Å². The van der Waals surface area contributed by atoms with Crippen molar-refractivity contribution in [2.24, 2.45) is 11.7 Å². The topological polar surface area (TPSA) is 68.7 Å². The van der Waals surface area contributed by atoms with E-state index < -0.39 is 0 Å². The fourth-order valence-corrected chi connectivity index (χ4v) is 3.81. The minimum Gasteiger partial charge on any atom is -0.489 e. The van der Waals surface area contributed by atoms with Gasteiger partial charge in [0.15, 0.2) is 5.76 Å². The summed E-state index contributed by atoms with van der Waals surface area (Å²) in [6.45, 7) is 2.11. The first kappa shape index (κ1) is 18.3. The lowest BCUT2D eigenvalue weighted by Gasteiger charge is -2.16. The maximum atomic E-state index is 13.1. The molecule has 5 nitrogen and oxygen atoms in total. The molecule has 0 unspecified atom stereocenters. The summed E-state index contributed by atoms with van der Waals surface area (Å²) in [5, 5.41) is 0. The standard InChI is InChI=1S/C23H24N2O3/c24-13-19-14-25(15-21(19)17-7-3-1-4-8-17)23(26)22-18(11-12-27-22)16-28-20-9-5-2-6-10-20/h1-12,19,21H,13-16,24H2/t19-,21+/m1/s1. The summed E-state index contributed by atoms with van der Waals surface area (Å²) < 4.78 is 11.3. The molecule has 2 N–H and O–H groups in total. The molecular weight excluding hydrogens is 352 g/mol. The highest BCUT2D eigenvalue weighted by atomic mass is 16.5. The number of likely N-dealkylation sites (tertiary alicyclic amines) is 1. The van der Waals surface area contributed by atoms with Crippen LogP contribution in [0.15, 0.2) is 77.4 Å². The zero-order chi connectivity index (χ0) is 19.3. The minimum absolute atomic E-state index is 0.103. The van der Waals surface area contributed by atoms with E-state index in [1.807, 2.05) is 53.4 Å². The van der Waals surface area contributed by atoms with Gasteiger partial charge in [-0.25, -0.2) is 0 Å². The maximum Gasteiger partial charge on any atom is 0.290 e. The van der Waals surface area contributed by atoms with Gasteiger partial charge in [0.25, 0.3) is 5.91 Å². The SMILES string of the molecule is NC[C@@H]1CN(C(=O)c2occc2COc2ccccc2)C[C@H]1c1ccccc1. The molecule has 0 radical (unpaired) electrons. The van der Waals surface area contributed by atoms with Crippen molar-refractivity contribution in [3.63, 3.8) is 0 Å². The van der Waals surface area contributed by atoms with Gasteiger partial charge in [0.2, 0.25) is 0 Å². The number of carbonyl (C=O) groups is 1. The van der Waals surface area contributed by atoms with E-state index in [9.17, 15) is 4.79 Å². The van der Waals surface area contributed by atoms with E-state index in [1.165, 1.54) is 5.56 Å². The molecule has 28 heavy (non-hydrogen) atoms. The molecule has 1 aliphatic heterocycles. The van der Waals surface area contributed by atoms with Crippen LogP contribution in [0.1, 0.15) is 27.6 Å². The third kappa shape index (κ3) is 3.80. The predicted molar refractivity (Wildman–Crippen MR) is 107 cm³/mol. The summed E-state index contributed by atoms with van der Waals surface area (Å²) in [6, 6.07) is 21.6. The van der Waals surface area contributed by atoms with Crippen LogP contribution in [0.4, 0.5) is 0 Å². The Labute approximate surface area is 164 Å². The van der Waals surface area contributed by atoms with Crippen LogP contribution < -0.4 is 10.5 Å². The molecule has 2 aromatic carbocycles. The fraction of sp³-hybridized carbons (Fsp3) is 0.261. The van der Waals surface area contributed by atoms with E-state index in [0.29, 0.717) is 25.4 Å². The van der Waals surface area contributed by atoms with Gasteiger partial charge in [-0.15, -0.1) is 0 Å². The van der Waals surface area contributed by atoms with E-state index in [1.54, 1.807) is 12.3 Å². The number of amides is 1. The largest absolute Gasteiger partial charge is 0.489 e. The average Bonchev–Trinajstić information content (AvgIpc) is 3.40. The smallest absolute Gasteiger partial charge is 0.290 e. The molecule has 1 saturated heterocycles. The van der Waals surface area contributed by atoms with Gasteiger partial charge in [-0.3, -0.25) is 4.79 Å². The number of benzene rings is 2.